The van der Waals surface area contributed by atoms with Crippen LogP contribution in [0, 0.1) is 5.82 Å². The van der Waals surface area contributed by atoms with Gasteiger partial charge in [0, 0.05) is 19.8 Å². The van der Waals surface area contributed by atoms with Crippen LogP contribution < -0.4 is 4.74 Å². The predicted molar refractivity (Wildman–Crippen MR) is 94.1 cm³/mol. The average Bonchev–Trinajstić information content (AvgIpc) is 3.27. The maximum Gasteiger partial charge on any atom is 0.238 e. The van der Waals surface area contributed by atoms with E-state index in [0.717, 1.165) is 31.6 Å². The summed E-state index contributed by atoms with van der Waals surface area (Å²) in [6.07, 6.45) is 9.24. The van der Waals surface area contributed by atoms with Gasteiger partial charge >= 0.3 is 0 Å². The van der Waals surface area contributed by atoms with Crippen molar-refractivity contribution in [2.75, 3.05) is 6.54 Å². The van der Waals surface area contributed by atoms with Gasteiger partial charge < -0.3 is 9.30 Å². The first-order valence-electron chi connectivity index (χ1n) is 8.63. The van der Waals surface area contributed by atoms with E-state index in [1.54, 1.807) is 24.5 Å². The van der Waals surface area contributed by atoms with E-state index in [4.69, 9.17) is 4.74 Å². The van der Waals surface area contributed by atoms with Crippen molar-refractivity contribution < 1.29 is 9.13 Å². The fourth-order valence-corrected chi connectivity index (χ4v) is 3.29. The van der Waals surface area contributed by atoms with Crippen LogP contribution in [-0.2, 0) is 13.6 Å². The maximum absolute atomic E-state index is 13.0. The molecule has 134 valence electrons. The van der Waals surface area contributed by atoms with Crippen LogP contribution in [0.15, 0.2) is 49.2 Å². The number of imidazole rings is 1. The van der Waals surface area contributed by atoms with Gasteiger partial charge in [-0.3, -0.25) is 9.88 Å². The van der Waals surface area contributed by atoms with Crippen molar-refractivity contribution in [2.45, 2.75) is 25.4 Å². The largest absolute Gasteiger partial charge is 0.437 e. The van der Waals surface area contributed by atoms with E-state index in [1.807, 2.05) is 24.1 Å². The van der Waals surface area contributed by atoms with Crippen molar-refractivity contribution in [3.63, 3.8) is 0 Å². The molecule has 6 nitrogen and oxygen atoms in total. The van der Waals surface area contributed by atoms with E-state index < -0.39 is 0 Å². The normalized spacial score (nSPS) is 17.5. The van der Waals surface area contributed by atoms with Gasteiger partial charge in [0.05, 0.1) is 36.2 Å². The number of halogens is 1. The summed E-state index contributed by atoms with van der Waals surface area (Å²) in [7, 11) is 2.00. The van der Waals surface area contributed by atoms with Gasteiger partial charge in [0.2, 0.25) is 5.88 Å². The summed E-state index contributed by atoms with van der Waals surface area (Å²) in [5, 5.41) is 0. The summed E-state index contributed by atoms with van der Waals surface area (Å²) in [6, 6.07) is 6.08. The van der Waals surface area contributed by atoms with Crippen LogP contribution in [0.25, 0.3) is 0 Å². The third-order valence-electron chi connectivity index (χ3n) is 4.65. The molecule has 0 aliphatic carbocycles. The lowest BCUT2D eigenvalue weighted by atomic mass is 10.1. The Morgan fingerprint density at radius 2 is 2.00 bits per heavy atom. The molecule has 7 heteroatoms. The van der Waals surface area contributed by atoms with Crippen LogP contribution in [0.2, 0.25) is 0 Å². The molecule has 1 saturated heterocycles. The van der Waals surface area contributed by atoms with Crippen molar-refractivity contribution in [3.05, 3.63) is 66.4 Å². The molecule has 0 unspecified atom stereocenters. The van der Waals surface area contributed by atoms with Gasteiger partial charge in [-0.25, -0.2) is 14.4 Å². The number of nitrogens with zero attached hydrogens (tertiary/aromatic N) is 5. The molecule has 1 aromatic carbocycles. The van der Waals surface area contributed by atoms with E-state index in [2.05, 4.69) is 19.9 Å². The Balaban J connectivity index is 1.51. The Labute approximate surface area is 151 Å². The Morgan fingerprint density at radius 3 is 2.77 bits per heavy atom. The Hall–Kier alpha value is -2.80. The Bertz CT molecular complexity index is 880. The van der Waals surface area contributed by atoms with Crippen LogP contribution in [0.5, 0.6) is 11.6 Å². The standard InChI is InChI=1S/C19H20FN5O/c1-24-13-22-9-15(24)12-25-8-2-3-18(25)17-10-21-11-19(23-17)26-16-6-4-14(20)5-7-16/h4-7,9-11,13,18H,2-3,8,12H2,1H3/t18-/m0/s1. The topological polar surface area (TPSA) is 56.1 Å². The minimum absolute atomic E-state index is 0.203. The Morgan fingerprint density at radius 1 is 1.15 bits per heavy atom. The van der Waals surface area contributed by atoms with Gasteiger partial charge in [0.15, 0.2) is 0 Å². The molecular formula is C19H20FN5O. The highest BCUT2D eigenvalue weighted by molar-refractivity contribution is 5.27. The van der Waals surface area contributed by atoms with E-state index in [0.29, 0.717) is 11.6 Å². The third-order valence-corrected chi connectivity index (χ3v) is 4.65. The fourth-order valence-electron chi connectivity index (χ4n) is 3.29. The molecule has 3 heterocycles. The van der Waals surface area contributed by atoms with Crippen LogP contribution in [0.1, 0.15) is 30.3 Å². The number of hydrogen-bond donors (Lipinski definition) is 0. The zero-order chi connectivity index (χ0) is 17.9. The lowest BCUT2D eigenvalue weighted by Gasteiger charge is -2.24. The second kappa shape index (κ2) is 7.21. The molecule has 4 rings (SSSR count). The van der Waals surface area contributed by atoms with Crippen LogP contribution >= 0.6 is 0 Å². The highest BCUT2D eigenvalue weighted by Crippen LogP contribution is 2.32. The zero-order valence-corrected chi connectivity index (χ0v) is 14.5. The molecule has 0 amide bonds. The molecule has 2 aromatic heterocycles. The quantitative estimate of drug-likeness (QED) is 0.703. The summed E-state index contributed by atoms with van der Waals surface area (Å²) in [5.74, 6) is 0.659. The maximum atomic E-state index is 13.0. The number of aryl methyl sites for hydroxylation is 1. The molecule has 26 heavy (non-hydrogen) atoms. The number of rotatable bonds is 5. The highest BCUT2D eigenvalue weighted by atomic mass is 19.1. The van der Waals surface area contributed by atoms with E-state index in [1.165, 1.54) is 17.8 Å². The number of aromatic nitrogens is 4. The molecule has 1 atom stereocenters. The monoisotopic (exact) mass is 353 g/mol. The molecule has 1 fully saturated rings. The summed E-state index contributed by atoms with van der Waals surface area (Å²) < 4.78 is 20.8. The van der Waals surface area contributed by atoms with Crippen molar-refractivity contribution in [2.24, 2.45) is 7.05 Å². The molecule has 0 radical (unpaired) electrons. The van der Waals surface area contributed by atoms with Gasteiger partial charge in [-0.15, -0.1) is 0 Å². The van der Waals surface area contributed by atoms with Gasteiger partial charge in [0.25, 0.3) is 0 Å². The first-order chi connectivity index (χ1) is 12.7. The van der Waals surface area contributed by atoms with Crippen molar-refractivity contribution in [1.29, 1.82) is 0 Å². The van der Waals surface area contributed by atoms with Crippen molar-refractivity contribution in [3.8, 4) is 11.6 Å². The van der Waals surface area contributed by atoms with Gasteiger partial charge in [0.1, 0.15) is 11.6 Å². The zero-order valence-electron chi connectivity index (χ0n) is 14.5. The van der Waals surface area contributed by atoms with Gasteiger partial charge in [-0.1, -0.05) is 0 Å². The summed E-state index contributed by atoms with van der Waals surface area (Å²) in [6.45, 7) is 1.84. The minimum Gasteiger partial charge on any atom is -0.437 e. The van der Waals surface area contributed by atoms with Crippen LogP contribution in [0.3, 0.4) is 0 Å². The number of ether oxygens (including phenoxy) is 1. The van der Waals surface area contributed by atoms with E-state index >= 15 is 0 Å². The summed E-state index contributed by atoms with van der Waals surface area (Å²) in [5.41, 5.74) is 2.06. The van der Waals surface area contributed by atoms with Gasteiger partial charge in [-0.2, -0.15) is 0 Å². The highest BCUT2D eigenvalue weighted by Gasteiger charge is 2.28. The van der Waals surface area contributed by atoms with E-state index in [-0.39, 0.29) is 11.9 Å². The smallest absolute Gasteiger partial charge is 0.238 e. The van der Waals surface area contributed by atoms with E-state index in [9.17, 15) is 4.39 Å². The number of benzene rings is 1. The molecule has 0 bridgehead atoms. The summed E-state index contributed by atoms with van der Waals surface area (Å²) >= 11 is 0. The second-order valence-corrected chi connectivity index (χ2v) is 6.46. The lowest BCUT2D eigenvalue weighted by Crippen LogP contribution is -2.24. The molecule has 0 spiro atoms. The molecular weight excluding hydrogens is 333 g/mol. The van der Waals surface area contributed by atoms with Crippen molar-refractivity contribution >= 4 is 0 Å². The first kappa shape index (κ1) is 16.7. The first-order valence-corrected chi connectivity index (χ1v) is 8.63. The van der Waals surface area contributed by atoms with Crippen LogP contribution in [0.4, 0.5) is 4.39 Å². The molecule has 0 saturated carbocycles. The van der Waals surface area contributed by atoms with Gasteiger partial charge in [-0.05, 0) is 43.7 Å². The third kappa shape index (κ3) is 3.57. The Kier molecular flexibility index (Phi) is 4.62. The minimum atomic E-state index is -0.297. The average molecular weight is 353 g/mol. The summed E-state index contributed by atoms with van der Waals surface area (Å²) in [4.78, 5) is 15.5. The lowest BCUT2D eigenvalue weighted by molar-refractivity contribution is 0.237. The predicted octanol–water partition coefficient (Wildman–Crippen LogP) is 3.48. The fraction of sp³-hybridized carbons (Fsp3) is 0.316. The second-order valence-electron chi connectivity index (χ2n) is 6.46. The number of likely N-dealkylation sites (tertiary alicyclic amines) is 1. The molecule has 1 aliphatic heterocycles. The van der Waals surface area contributed by atoms with Crippen molar-refractivity contribution in [1.82, 2.24) is 24.4 Å². The SMILES string of the molecule is Cn1cncc1CN1CCC[C@H]1c1cncc(Oc2ccc(F)cc2)n1. The number of hydrogen-bond acceptors (Lipinski definition) is 5. The molecule has 0 N–H and O–H groups in total. The molecule has 1 aliphatic rings. The van der Waals surface area contributed by atoms with Crippen LogP contribution in [-0.4, -0.2) is 31.0 Å². The molecule has 3 aromatic rings.